The number of amides is 1. The van der Waals surface area contributed by atoms with Crippen LogP contribution >= 0.6 is 11.3 Å². The number of rotatable bonds is 5. The fourth-order valence-electron chi connectivity index (χ4n) is 4.63. The molecule has 0 unspecified atom stereocenters. The summed E-state index contributed by atoms with van der Waals surface area (Å²) in [5.41, 5.74) is 0.773. The molecule has 2 aliphatic heterocycles. The van der Waals surface area contributed by atoms with Crippen LogP contribution in [-0.4, -0.2) is 36.1 Å². The van der Waals surface area contributed by atoms with Crippen molar-refractivity contribution >= 4 is 32.3 Å². The molecule has 3 heterocycles. The Morgan fingerprint density at radius 3 is 2.58 bits per heavy atom. The number of thiophene rings is 1. The number of nitrogens with zero attached hydrogens (tertiary/aromatic N) is 1. The molecule has 0 radical (unpaired) electrons. The summed E-state index contributed by atoms with van der Waals surface area (Å²) >= 11 is 1.78. The van der Waals surface area contributed by atoms with Crippen LogP contribution in [0.2, 0.25) is 0 Å². The molecule has 2 aliphatic rings. The highest BCUT2D eigenvalue weighted by atomic mass is 32.1. The fourth-order valence-corrected chi connectivity index (χ4v) is 6.00. The van der Waals surface area contributed by atoms with E-state index in [4.69, 9.17) is 0 Å². The summed E-state index contributed by atoms with van der Waals surface area (Å²) in [6.45, 7) is 8.92. The van der Waals surface area contributed by atoms with E-state index in [0.29, 0.717) is 24.2 Å². The zero-order valence-corrected chi connectivity index (χ0v) is 16.9. The Morgan fingerprint density at radius 1 is 1.19 bits per heavy atom. The minimum absolute atomic E-state index is 0.0609. The van der Waals surface area contributed by atoms with Crippen molar-refractivity contribution in [3.63, 3.8) is 0 Å². The van der Waals surface area contributed by atoms with Gasteiger partial charge in [-0.3, -0.25) is 4.79 Å². The smallest absolute Gasteiger partial charge is 0.251 e. The largest absolute Gasteiger partial charge is 0.359 e. The number of carbonyl (C=O) groups is 1. The van der Waals surface area contributed by atoms with Gasteiger partial charge in [-0.15, -0.1) is 11.3 Å². The Balaban J connectivity index is 1.54. The van der Waals surface area contributed by atoms with Crippen molar-refractivity contribution in [1.82, 2.24) is 10.6 Å². The lowest BCUT2D eigenvalue weighted by Crippen LogP contribution is -2.42. The van der Waals surface area contributed by atoms with Gasteiger partial charge < -0.3 is 15.5 Å². The number of anilines is 1. The number of nitrogens with one attached hydrogen (secondary N) is 2. The lowest BCUT2D eigenvalue weighted by atomic mass is 9.95. The van der Waals surface area contributed by atoms with Gasteiger partial charge in [0.1, 0.15) is 0 Å². The van der Waals surface area contributed by atoms with E-state index >= 15 is 0 Å². The molecular formula is C21H29N3OS. The highest BCUT2D eigenvalue weighted by Crippen LogP contribution is 2.35. The molecule has 2 aromatic rings. The molecule has 0 saturated carbocycles. The van der Waals surface area contributed by atoms with Crippen molar-refractivity contribution in [1.29, 1.82) is 0 Å². The third-order valence-corrected chi connectivity index (χ3v) is 6.86. The predicted molar refractivity (Wildman–Crippen MR) is 110 cm³/mol. The van der Waals surface area contributed by atoms with Crippen LogP contribution in [0.15, 0.2) is 24.3 Å². The van der Waals surface area contributed by atoms with E-state index in [1.54, 1.807) is 11.3 Å². The van der Waals surface area contributed by atoms with Crippen LogP contribution in [0.4, 0.5) is 5.00 Å². The normalized spacial score (nSPS) is 24.8. The van der Waals surface area contributed by atoms with Gasteiger partial charge >= 0.3 is 0 Å². The summed E-state index contributed by atoms with van der Waals surface area (Å²) in [5, 5.41) is 9.33. The lowest BCUT2D eigenvalue weighted by Gasteiger charge is -2.31. The zero-order valence-electron chi connectivity index (χ0n) is 16.1. The minimum atomic E-state index is 0.0609. The number of benzene rings is 1. The zero-order chi connectivity index (χ0) is 18.4. The fraction of sp³-hybridized carbons (Fsp3) is 0.571. The second-order valence-corrected chi connectivity index (χ2v) is 9.36. The predicted octanol–water partition coefficient (Wildman–Crippen LogP) is 4.15. The molecule has 2 N–H and O–H groups in total. The van der Waals surface area contributed by atoms with Crippen LogP contribution in [0.25, 0.3) is 10.1 Å². The molecule has 0 spiro atoms. The molecular weight excluding hydrogens is 342 g/mol. The standard InChI is InChI=1S/C21H29N3OS/c1-12(2)24(13(3)4)20-10-14-5-6-15(9-19(14)26-20)21(25)23-18-11-16-7-8-17(18)22-16/h5-6,9-10,12-13,16-18,22H,7-8,11H2,1-4H3,(H,23,25)/t16-,17+,18-/m1/s1. The van der Waals surface area contributed by atoms with Crippen LogP contribution in [0.3, 0.4) is 0 Å². The van der Waals surface area contributed by atoms with Gasteiger partial charge in [0.15, 0.2) is 0 Å². The number of hydrogen-bond donors (Lipinski definition) is 2. The van der Waals surface area contributed by atoms with Crippen LogP contribution in [0.5, 0.6) is 0 Å². The molecule has 2 bridgehead atoms. The first kappa shape index (κ1) is 17.8. The first-order valence-corrected chi connectivity index (χ1v) is 10.6. The number of hydrogen-bond acceptors (Lipinski definition) is 4. The summed E-state index contributed by atoms with van der Waals surface area (Å²) < 4.78 is 1.19. The second kappa shape index (κ2) is 6.86. The Hall–Kier alpha value is -1.59. The van der Waals surface area contributed by atoms with Crippen LogP contribution in [0, 0.1) is 0 Å². The monoisotopic (exact) mass is 371 g/mol. The second-order valence-electron chi connectivity index (χ2n) is 8.30. The quantitative estimate of drug-likeness (QED) is 0.830. The van der Waals surface area contributed by atoms with E-state index in [0.717, 1.165) is 12.0 Å². The first-order valence-electron chi connectivity index (χ1n) is 9.81. The maximum Gasteiger partial charge on any atom is 0.251 e. The first-order chi connectivity index (χ1) is 12.4. The SMILES string of the molecule is CC(C)N(c1cc2ccc(C(=O)N[C@@H]3C[C@H]4CC[C@@H]3N4)cc2s1)C(C)C. The van der Waals surface area contributed by atoms with E-state index in [-0.39, 0.29) is 11.9 Å². The average molecular weight is 372 g/mol. The maximum absolute atomic E-state index is 12.7. The maximum atomic E-state index is 12.7. The van der Waals surface area contributed by atoms with Crippen molar-refractivity contribution in [3.8, 4) is 0 Å². The van der Waals surface area contributed by atoms with Crippen LogP contribution in [-0.2, 0) is 0 Å². The summed E-state index contributed by atoms with van der Waals surface area (Å²) in [6, 6.07) is 10.6. The Morgan fingerprint density at radius 2 is 1.96 bits per heavy atom. The topological polar surface area (TPSA) is 44.4 Å². The molecule has 4 rings (SSSR count). The van der Waals surface area contributed by atoms with E-state index in [2.05, 4.69) is 61.4 Å². The highest BCUT2D eigenvalue weighted by Gasteiger charge is 2.39. The Labute approximate surface area is 160 Å². The van der Waals surface area contributed by atoms with Crippen LogP contribution < -0.4 is 15.5 Å². The van der Waals surface area contributed by atoms with E-state index in [1.165, 1.54) is 27.9 Å². The van der Waals surface area contributed by atoms with Crippen molar-refractivity contribution in [2.24, 2.45) is 0 Å². The van der Waals surface area contributed by atoms with Crippen LogP contribution in [0.1, 0.15) is 57.3 Å². The molecule has 0 aliphatic carbocycles. The molecule has 3 atom stereocenters. The number of carbonyl (C=O) groups excluding carboxylic acids is 1. The highest BCUT2D eigenvalue weighted by molar-refractivity contribution is 7.22. The molecule has 4 nitrogen and oxygen atoms in total. The molecule has 1 aromatic carbocycles. The summed E-state index contributed by atoms with van der Waals surface area (Å²) in [6.07, 6.45) is 3.51. The van der Waals surface area contributed by atoms with Gasteiger partial charge in [-0.25, -0.2) is 0 Å². The molecule has 140 valence electrons. The lowest BCUT2D eigenvalue weighted by molar-refractivity contribution is 0.0931. The number of fused-ring (bicyclic) bond motifs is 3. The Kier molecular flexibility index (Phi) is 4.70. The molecule has 2 saturated heterocycles. The molecule has 5 heteroatoms. The average Bonchev–Trinajstić information content (AvgIpc) is 3.27. The summed E-state index contributed by atoms with van der Waals surface area (Å²) in [4.78, 5) is 15.2. The van der Waals surface area contributed by atoms with Gasteiger partial charge in [-0.2, -0.15) is 0 Å². The van der Waals surface area contributed by atoms with Crippen molar-refractivity contribution in [2.45, 2.75) is 77.2 Å². The summed E-state index contributed by atoms with van der Waals surface area (Å²) in [5.74, 6) is 0.0609. The van der Waals surface area contributed by atoms with E-state index < -0.39 is 0 Å². The molecule has 26 heavy (non-hydrogen) atoms. The summed E-state index contributed by atoms with van der Waals surface area (Å²) in [7, 11) is 0. The van der Waals surface area contributed by atoms with E-state index in [1.807, 2.05) is 6.07 Å². The van der Waals surface area contributed by atoms with Gasteiger partial charge in [0.2, 0.25) is 0 Å². The van der Waals surface area contributed by atoms with Gasteiger partial charge in [-0.1, -0.05) is 6.07 Å². The van der Waals surface area contributed by atoms with Crippen molar-refractivity contribution in [3.05, 3.63) is 29.8 Å². The third kappa shape index (κ3) is 3.23. The third-order valence-electron chi connectivity index (χ3n) is 5.75. The molecule has 1 amide bonds. The van der Waals surface area contributed by atoms with Gasteiger partial charge in [0, 0.05) is 40.5 Å². The minimum Gasteiger partial charge on any atom is -0.359 e. The Bertz CT molecular complexity index is 805. The van der Waals surface area contributed by atoms with Gasteiger partial charge in [-0.05, 0) is 70.5 Å². The molecule has 2 fully saturated rings. The molecule has 1 aromatic heterocycles. The van der Waals surface area contributed by atoms with Crippen molar-refractivity contribution < 1.29 is 4.79 Å². The van der Waals surface area contributed by atoms with Crippen molar-refractivity contribution in [2.75, 3.05) is 4.90 Å². The van der Waals surface area contributed by atoms with Gasteiger partial charge in [0.05, 0.1) is 5.00 Å². The van der Waals surface area contributed by atoms with E-state index in [9.17, 15) is 4.79 Å². The van der Waals surface area contributed by atoms with Gasteiger partial charge in [0.25, 0.3) is 5.91 Å².